The topological polar surface area (TPSA) is 41.4 Å². The predicted molar refractivity (Wildman–Crippen MR) is 67.5 cm³/mol. The van der Waals surface area contributed by atoms with E-state index in [1.54, 1.807) is 18.6 Å². The summed E-state index contributed by atoms with van der Waals surface area (Å²) in [6, 6.07) is 11.6. The van der Waals surface area contributed by atoms with E-state index in [0.717, 1.165) is 11.4 Å². The molecule has 17 heavy (non-hydrogen) atoms. The Balaban J connectivity index is 1.94. The first-order valence-corrected chi connectivity index (χ1v) is 5.40. The second-order valence-electron chi connectivity index (χ2n) is 3.64. The molecule has 0 aliphatic heterocycles. The molecule has 0 aliphatic carbocycles. The molecule has 0 saturated carbocycles. The van der Waals surface area contributed by atoms with Gasteiger partial charge in [-0.2, -0.15) is 5.10 Å². The monoisotopic (exact) mass is 226 g/mol. The number of hydrazone groups is 1. The molecule has 86 valence electrons. The molecule has 4 nitrogen and oxygen atoms in total. The van der Waals surface area contributed by atoms with E-state index in [9.17, 15) is 0 Å². The average Bonchev–Trinajstić information content (AvgIpc) is 2.39. The zero-order chi connectivity index (χ0) is 11.9. The highest BCUT2D eigenvalue weighted by Gasteiger charge is 1.96. The van der Waals surface area contributed by atoms with Gasteiger partial charge in [-0.25, -0.2) is 0 Å². The highest BCUT2D eigenvalue weighted by Crippen LogP contribution is 1.99. The van der Waals surface area contributed by atoms with Gasteiger partial charge < -0.3 is 0 Å². The summed E-state index contributed by atoms with van der Waals surface area (Å²) in [5.74, 6) is 0. The largest absolute Gasteiger partial charge is 0.294 e. The van der Waals surface area contributed by atoms with E-state index >= 15 is 0 Å². The number of nitrogens with zero attached hydrogens (tertiary/aromatic N) is 4. The van der Waals surface area contributed by atoms with Crippen LogP contribution in [0.3, 0.4) is 0 Å². The minimum Gasteiger partial charge on any atom is -0.294 e. The van der Waals surface area contributed by atoms with Crippen molar-refractivity contribution in [2.45, 2.75) is 6.54 Å². The van der Waals surface area contributed by atoms with Crippen molar-refractivity contribution < 1.29 is 0 Å². The van der Waals surface area contributed by atoms with Crippen molar-refractivity contribution >= 4 is 6.21 Å². The third kappa shape index (κ3) is 3.68. The molecule has 2 rings (SSSR count). The second-order valence-corrected chi connectivity index (χ2v) is 3.64. The average molecular weight is 226 g/mol. The summed E-state index contributed by atoms with van der Waals surface area (Å²) in [5.41, 5.74) is 1.84. The quantitative estimate of drug-likeness (QED) is 0.591. The molecule has 0 aliphatic rings. The molecule has 0 unspecified atom stereocenters. The number of rotatable bonds is 4. The lowest BCUT2D eigenvalue weighted by atomic mass is 10.3. The van der Waals surface area contributed by atoms with E-state index in [2.05, 4.69) is 15.1 Å². The van der Waals surface area contributed by atoms with Gasteiger partial charge in [0, 0.05) is 19.4 Å². The molecule has 0 fully saturated rings. The minimum absolute atomic E-state index is 0.685. The minimum atomic E-state index is 0.685. The lowest BCUT2D eigenvalue weighted by molar-refractivity contribution is 0.344. The van der Waals surface area contributed by atoms with Crippen LogP contribution < -0.4 is 0 Å². The Labute approximate surface area is 101 Å². The van der Waals surface area contributed by atoms with Gasteiger partial charge in [-0.1, -0.05) is 12.1 Å². The number of hydrogen-bond donors (Lipinski definition) is 0. The maximum Gasteiger partial charge on any atom is 0.0830 e. The van der Waals surface area contributed by atoms with Crippen molar-refractivity contribution in [1.82, 2.24) is 15.0 Å². The number of aromatic nitrogens is 2. The van der Waals surface area contributed by atoms with E-state index in [0.29, 0.717) is 6.54 Å². The van der Waals surface area contributed by atoms with Crippen molar-refractivity contribution in [3.63, 3.8) is 0 Å². The molecule has 0 spiro atoms. The van der Waals surface area contributed by atoms with Crippen LogP contribution in [0.5, 0.6) is 0 Å². The van der Waals surface area contributed by atoms with E-state index < -0.39 is 0 Å². The van der Waals surface area contributed by atoms with Crippen LogP contribution in [0.1, 0.15) is 11.4 Å². The van der Waals surface area contributed by atoms with Gasteiger partial charge in [0.15, 0.2) is 0 Å². The SMILES string of the molecule is CN(Cc1ccccn1)/N=C/c1ccccn1. The van der Waals surface area contributed by atoms with Gasteiger partial charge in [-0.05, 0) is 24.3 Å². The van der Waals surface area contributed by atoms with E-state index in [1.807, 2.05) is 48.5 Å². The Morgan fingerprint density at radius 3 is 2.53 bits per heavy atom. The lowest BCUT2D eigenvalue weighted by Crippen LogP contribution is -2.11. The fourth-order valence-electron chi connectivity index (χ4n) is 1.38. The Kier molecular flexibility index (Phi) is 3.81. The maximum atomic E-state index is 4.30. The zero-order valence-electron chi connectivity index (χ0n) is 9.69. The lowest BCUT2D eigenvalue weighted by Gasteiger charge is -2.11. The number of pyridine rings is 2. The summed E-state index contributed by atoms with van der Waals surface area (Å²) < 4.78 is 0. The number of hydrogen-bond acceptors (Lipinski definition) is 4. The van der Waals surface area contributed by atoms with Crippen molar-refractivity contribution in [3.8, 4) is 0 Å². The van der Waals surface area contributed by atoms with Crippen LogP contribution in [0.25, 0.3) is 0 Å². The van der Waals surface area contributed by atoms with Crippen molar-refractivity contribution in [1.29, 1.82) is 0 Å². The molecule has 0 amide bonds. The Bertz CT molecular complexity index is 467. The first-order chi connectivity index (χ1) is 8.34. The van der Waals surface area contributed by atoms with Crippen LogP contribution in [-0.2, 0) is 6.54 Å². The fourth-order valence-corrected chi connectivity index (χ4v) is 1.38. The van der Waals surface area contributed by atoms with Crippen LogP contribution in [0.15, 0.2) is 53.9 Å². The standard InChI is InChI=1S/C13H14N4/c1-17(11-13-7-3-5-9-15-13)16-10-12-6-2-4-8-14-12/h2-10H,11H2,1H3/b16-10+. The Hall–Kier alpha value is -2.23. The molecule has 0 saturated heterocycles. The molecule has 2 aromatic heterocycles. The van der Waals surface area contributed by atoms with Crippen LogP contribution in [0, 0.1) is 0 Å². The summed E-state index contributed by atoms with van der Waals surface area (Å²) >= 11 is 0. The second kappa shape index (κ2) is 5.75. The van der Waals surface area contributed by atoms with Gasteiger partial charge in [0.1, 0.15) is 0 Å². The molecule has 0 bridgehead atoms. The maximum absolute atomic E-state index is 4.30. The summed E-state index contributed by atoms with van der Waals surface area (Å²) in [7, 11) is 1.91. The molecule has 0 N–H and O–H groups in total. The third-order valence-electron chi connectivity index (χ3n) is 2.19. The highest BCUT2D eigenvalue weighted by molar-refractivity contribution is 5.76. The van der Waals surface area contributed by atoms with Crippen LogP contribution in [-0.4, -0.2) is 28.2 Å². The Morgan fingerprint density at radius 2 is 1.88 bits per heavy atom. The Morgan fingerprint density at radius 1 is 1.12 bits per heavy atom. The van der Waals surface area contributed by atoms with Crippen molar-refractivity contribution in [2.75, 3.05) is 7.05 Å². The van der Waals surface area contributed by atoms with Gasteiger partial charge in [-0.15, -0.1) is 0 Å². The molecule has 4 heteroatoms. The van der Waals surface area contributed by atoms with Gasteiger partial charge in [0.25, 0.3) is 0 Å². The molecular weight excluding hydrogens is 212 g/mol. The third-order valence-corrected chi connectivity index (χ3v) is 2.19. The van der Waals surface area contributed by atoms with Crippen LogP contribution in [0.4, 0.5) is 0 Å². The van der Waals surface area contributed by atoms with E-state index in [-0.39, 0.29) is 0 Å². The van der Waals surface area contributed by atoms with E-state index in [4.69, 9.17) is 0 Å². The van der Waals surface area contributed by atoms with Gasteiger partial charge in [0.2, 0.25) is 0 Å². The van der Waals surface area contributed by atoms with Crippen molar-refractivity contribution in [3.05, 3.63) is 60.2 Å². The van der Waals surface area contributed by atoms with Gasteiger partial charge in [0.05, 0.1) is 24.1 Å². The normalized spacial score (nSPS) is 10.6. The van der Waals surface area contributed by atoms with Gasteiger partial charge >= 0.3 is 0 Å². The van der Waals surface area contributed by atoms with Crippen molar-refractivity contribution in [2.24, 2.45) is 5.10 Å². The molecular formula is C13H14N4. The highest BCUT2D eigenvalue weighted by atomic mass is 15.4. The predicted octanol–water partition coefficient (Wildman–Crippen LogP) is 1.94. The fraction of sp³-hybridized carbons (Fsp3) is 0.154. The van der Waals surface area contributed by atoms with Crippen LogP contribution in [0.2, 0.25) is 0 Å². The first-order valence-electron chi connectivity index (χ1n) is 5.40. The molecule has 0 radical (unpaired) electrons. The first kappa shape index (κ1) is 11.3. The van der Waals surface area contributed by atoms with E-state index in [1.165, 1.54) is 0 Å². The molecule has 2 aromatic rings. The summed E-state index contributed by atoms with van der Waals surface area (Å²) in [6.45, 7) is 0.685. The van der Waals surface area contributed by atoms with Crippen LogP contribution >= 0.6 is 0 Å². The molecule has 0 atom stereocenters. The summed E-state index contributed by atoms with van der Waals surface area (Å²) in [4.78, 5) is 8.41. The van der Waals surface area contributed by atoms with Gasteiger partial charge in [-0.3, -0.25) is 15.0 Å². The zero-order valence-corrected chi connectivity index (χ0v) is 9.69. The molecule has 2 heterocycles. The molecule has 0 aromatic carbocycles. The summed E-state index contributed by atoms with van der Waals surface area (Å²) in [5, 5.41) is 6.13. The summed E-state index contributed by atoms with van der Waals surface area (Å²) in [6.07, 6.45) is 5.27. The smallest absolute Gasteiger partial charge is 0.0830 e.